The Bertz CT molecular complexity index is 861. The smallest absolute Gasteiger partial charge is 0.216 e. The van der Waals surface area contributed by atoms with Crippen LogP contribution in [-0.4, -0.2) is 29.8 Å². The molecular weight excluding hydrogens is 410 g/mol. The molecule has 33 heavy (non-hydrogen) atoms. The molecule has 1 amide bonds. The minimum absolute atomic E-state index is 0.0569. The van der Waals surface area contributed by atoms with Crippen LogP contribution in [0, 0.1) is 40.4 Å². The fraction of sp³-hybridized carbons (Fsp3) is 0.828. The first kappa shape index (κ1) is 23.5. The Morgan fingerprint density at radius 1 is 1.27 bits per heavy atom. The second-order valence-corrected chi connectivity index (χ2v) is 12.8. The summed E-state index contributed by atoms with van der Waals surface area (Å²) in [6, 6.07) is 0. The topological polar surface area (TPSA) is 58.6 Å². The van der Waals surface area contributed by atoms with Crippen molar-refractivity contribution in [1.29, 1.82) is 0 Å². The SMILES string of the molecule is CC(=O)NC[C@H](C)CCC1=C(C)[C@@H]2[C@@H](C[C@@H]3[C@H]4CC=C5C[C@@H](O)CC[C@]5(C)[C@@H]4CC[C@@]32C)O1. The van der Waals surface area contributed by atoms with Gasteiger partial charge in [-0.15, -0.1) is 0 Å². The van der Waals surface area contributed by atoms with Crippen LogP contribution in [0.1, 0.15) is 92.4 Å². The van der Waals surface area contributed by atoms with Crippen molar-refractivity contribution in [3.63, 3.8) is 0 Å². The van der Waals surface area contributed by atoms with Crippen LogP contribution in [0.4, 0.5) is 0 Å². The predicted octanol–water partition coefficient (Wildman–Crippen LogP) is 5.76. The summed E-state index contributed by atoms with van der Waals surface area (Å²) in [6.45, 7) is 12.0. The van der Waals surface area contributed by atoms with E-state index < -0.39 is 0 Å². The van der Waals surface area contributed by atoms with E-state index in [-0.39, 0.29) is 12.0 Å². The van der Waals surface area contributed by atoms with E-state index in [9.17, 15) is 9.90 Å². The van der Waals surface area contributed by atoms with Crippen molar-refractivity contribution in [2.75, 3.05) is 6.54 Å². The number of aliphatic hydroxyl groups is 1. The largest absolute Gasteiger partial charge is 0.494 e. The standard InChI is InChI=1S/C29H45NO3/c1-17(16-30-19(3)31)6-9-25-18(2)27-26(33-25)15-24-22-8-7-20-14-21(32)10-12-28(20,4)23(22)11-13-29(24,27)5/h7,17,21-24,26-27,32H,6,8-16H2,1-5H3,(H,30,31)/t17-,21+,22+,23-,24-,26-,27-,28+,29+/m1/s1. The van der Waals surface area contributed by atoms with Gasteiger partial charge in [-0.2, -0.15) is 0 Å². The second-order valence-electron chi connectivity index (χ2n) is 12.8. The summed E-state index contributed by atoms with van der Waals surface area (Å²) in [5, 5.41) is 13.2. The van der Waals surface area contributed by atoms with Crippen LogP contribution in [0.15, 0.2) is 23.0 Å². The Morgan fingerprint density at radius 3 is 2.82 bits per heavy atom. The molecule has 1 aliphatic heterocycles. The van der Waals surface area contributed by atoms with E-state index in [1.807, 2.05) is 0 Å². The highest BCUT2D eigenvalue weighted by Crippen LogP contribution is 2.68. The zero-order valence-electron chi connectivity index (χ0n) is 21.5. The van der Waals surface area contributed by atoms with Gasteiger partial charge in [-0.3, -0.25) is 4.79 Å². The van der Waals surface area contributed by atoms with Crippen LogP contribution in [0.3, 0.4) is 0 Å². The van der Waals surface area contributed by atoms with E-state index >= 15 is 0 Å². The minimum atomic E-state index is -0.124. The van der Waals surface area contributed by atoms with Crippen molar-refractivity contribution >= 4 is 5.91 Å². The Morgan fingerprint density at radius 2 is 2.06 bits per heavy atom. The molecule has 0 aromatic heterocycles. The number of hydrogen-bond acceptors (Lipinski definition) is 3. The van der Waals surface area contributed by atoms with Gasteiger partial charge in [-0.25, -0.2) is 0 Å². The summed E-state index contributed by atoms with van der Waals surface area (Å²) in [7, 11) is 0. The van der Waals surface area contributed by atoms with Gasteiger partial charge in [0.15, 0.2) is 0 Å². The molecule has 4 heteroatoms. The van der Waals surface area contributed by atoms with Gasteiger partial charge in [0.1, 0.15) is 6.10 Å². The average Bonchev–Trinajstić information content (AvgIpc) is 3.24. The van der Waals surface area contributed by atoms with Crippen LogP contribution in [0.25, 0.3) is 0 Å². The third kappa shape index (κ3) is 3.79. The molecule has 0 aromatic carbocycles. The normalized spacial score (nSPS) is 44.7. The monoisotopic (exact) mass is 455 g/mol. The summed E-state index contributed by atoms with van der Waals surface area (Å²) in [5.41, 5.74) is 3.75. The Hall–Kier alpha value is -1.29. The highest BCUT2D eigenvalue weighted by molar-refractivity contribution is 5.72. The molecule has 1 heterocycles. The molecule has 0 saturated heterocycles. The molecule has 4 nitrogen and oxygen atoms in total. The number of nitrogens with one attached hydrogen (secondary N) is 1. The Labute approximate surface area is 200 Å². The fourth-order valence-electron chi connectivity index (χ4n) is 9.02. The lowest BCUT2D eigenvalue weighted by Gasteiger charge is -2.57. The van der Waals surface area contributed by atoms with Crippen molar-refractivity contribution in [3.05, 3.63) is 23.0 Å². The predicted molar refractivity (Wildman–Crippen MR) is 131 cm³/mol. The highest BCUT2D eigenvalue weighted by atomic mass is 16.5. The highest BCUT2D eigenvalue weighted by Gasteiger charge is 2.63. The summed E-state index contributed by atoms with van der Waals surface area (Å²) in [6.07, 6.45) is 13.0. The molecule has 184 valence electrons. The minimum Gasteiger partial charge on any atom is -0.494 e. The molecule has 0 aromatic rings. The molecule has 5 rings (SSSR count). The van der Waals surface area contributed by atoms with Gasteiger partial charge in [-0.1, -0.05) is 32.4 Å². The zero-order valence-corrected chi connectivity index (χ0v) is 21.5. The van der Waals surface area contributed by atoms with Crippen LogP contribution in [0.5, 0.6) is 0 Å². The van der Waals surface area contributed by atoms with Crippen LogP contribution in [-0.2, 0) is 9.53 Å². The number of allylic oxidation sites excluding steroid dienone is 2. The number of carbonyl (C=O) groups excluding carboxylic acids is 1. The van der Waals surface area contributed by atoms with Gasteiger partial charge < -0.3 is 15.2 Å². The third-order valence-electron chi connectivity index (χ3n) is 10.8. The van der Waals surface area contributed by atoms with E-state index in [0.717, 1.165) is 56.4 Å². The van der Waals surface area contributed by atoms with Gasteiger partial charge in [0.2, 0.25) is 5.91 Å². The van der Waals surface area contributed by atoms with Gasteiger partial charge in [0, 0.05) is 25.8 Å². The quantitative estimate of drug-likeness (QED) is 0.518. The summed E-state index contributed by atoms with van der Waals surface area (Å²) < 4.78 is 6.70. The number of ether oxygens (including phenoxy) is 1. The summed E-state index contributed by atoms with van der Waals surface area (Å²) in [4.78, 5) is 11.2. The van der Waals surface area contributed by atoms with Gasteiger partial charge in [0.05, 0.1) is 11.9 Å². The molecule has 9 atom stereocenters. The molecular formula is C29H45NO3. The molecule has 3 saturated carbocycles. The first-order valence-corrected chi connectivity index (χ1v) is 13.6. The van der Waals surface area contributed by atoms with Crippen molar-refractivity contribution in [2.45, 2.75) is 105 Å². The summed E-state index contributed by atoms with van der Waals surface area (Å²) in [5.74, 6) is 4.66. The molecule has 0 radical (unpaired) electrons. The van der Waals surface area contributed by atoms with Crippen LogP contribution < -0.4 is 5.32 Å². The van der Waals surface area contributed by atoms with Gasteiger partial charge in [0.25, 0.3) is 0 Å². The van der Waals surface area contributed by atoms with Crippen LogP contribution >= 0.6 is 0 Å². The number of carbonyl (C=O) groups is 1. The lowest BCUT2D eigenvalue weighted by Crippen LogP contribution is -2.50. The zero-order chi connectivity index (χ0) is 23.5. The maximum Gasteiger partial charge on any atom is 0.216 e. The van der Waals surface area contributed by atoms with Crippen LogP contribution in [0.2, 0.25) is 0 Å². The molecule has 3 fully saturated rings. The molecule has 0 spiro atoms. The molecule has 2 N–H and O–H groups in total. The van der Waals surface area contributed by atoms with Crippen molar-refractivity contribution in [2.24, 2.45) is 40.4 Å². The molecule has 0 unspecified atom stereocenters. The van der Waals surface area contributed by atoms with Gasteiger partial charge in [-0.05, 0) is 98.4 Å². The Kier molecular flexibility index (Phi) is 5.99. The average molecular weight is 456 g/mol. The van der Waals surface area contributed by atoms with Crippen molar-refractivity contribution in [3.8, 4) is 0 Å². The lowest BCUT2D eigenvalue weighted by molar-refractivity contribution is -0.119. The number of amides is 1. The van der Waals surface area contributed by atoms with Crippen molar-refractivity contribution in [1.82, 2.24) is 5.32 Å². The molecule has 4 aliphatic carbocycles. The van der Waals surface area contributed by atoms with Crippen molar-refractivity contribution < 1.29 is 14.6 Å². The number of hydrogen-bond donors (Lipinski definition) is 2. The van der Waals surface area contributed by atoms with E-state index in [0.29, 0.717) is 28.8 Å². The molecule has 5 aliphatic rings. The van der Waals surface area contributed by atoms with E-state index in [1.54, 1.807) is 12.5 Å². The summed E-state index contributed by atoms with van der Waals surface area (Å²) >= 11 is 0. The Balaban J connectivity index is 1.30. The van der Waals surface area contributed by atoms with Gasteiger partial charge >= 0.3 is 0 Å². The first-order valence-electron chi connectivity index (χ1n) is 13.6. The number of rotatable bonds is 5. The maximum absolute atomic E-state index is 11.2. The lowest BCUT2D eigenvalue weighted by atomic mass is 9.47. The van der Waals surface area contributed by atoms with E-state index in [1.165, 1.54) is 37.0 Å². The number of fused-ring (bicyclic) bond motifs is 7. The molecule has 0 bridgehead atoms. The van der Waals surface area contributed by atoms with E-state index in [4.69, 9.17) is 4.74 Å². The third-order valence-corrected chi connectivity index (χ3v) is 10.8. The second kappa shape index (κ2) is 8.43. The number of aliphatic hydroxyl groups excluding tert-OH is 1. The van der Waals surface area contributed by atoms with E-state index in [2.05, 4.69) is 39.1 Å². The first-order chi connectivity index (χ1) is 15.6. The maximum atomic E-state index is 11.2. The fourth-order valence-corrected chi connectivity index (χ4v) is 9.02.